The molecule has 0 radical (unpaired) electrons. The number of amides is 1. The molecule has 168 valence electrons. The molecular formula is C24H30N6O2. The molecule has 8 heteroatoms. The molecule has 1 aromatic carbocycles. The van der Waals surface area contributed by atoms with Crippen molar-refractivity contribution in [1.29, 1.82) is 0 Å². The first-order valence-corrected chi connectivity index (χ1v) is 11.0. The average molecular weight is 435 g/mol. The van der Waals surface area contributed by atoms with Gasteiger partial charge in [-0.15, -0.1) is 10.2 Å². The molecule has 8 nitrogen and oxygen atoms in total. The Morgan fingerprint density at radius 2 is 1.75 bits per heavy atom. The summed E-state index contributed by atoms with van der Waals surface area (Å²) in [6.07, 6.45) is 1.01. The summed E-state index contributed by atoms with van der Waals surface area (Å²) in [5.74, 6) is 1.52. The van der Waals surface area contributed by atoms with Crippen LogP contribution in [-0.4, -0.2) is 52.2 Å². The van der Waals surface area contributed by atoms with Gasteiger partial charge in [0.25, 0.3) is 0 Å². The van der Waals surface area contributed by atoms with Crippen LogP contribution in [0.15, 0.2) is 30.3 Å². The maximum Gasteiger partial charge on any atom is 0.224 e. The molecule has 0 unspecified atom stereocenters. The molecule has 1 saturated heterocycles. The van der Waals surface area contributed by atoms with Gasteiger partial charge in [-0.3, -0.25) is 4.79 Å². The van der Waals surface area contributed by atoms with Gasteiger partial charge in [0.15, 0.2) is 11.6 Å². The van der Waals surface area contributed by atoms with Crippen LogP contribution >= 0.6 is 0 Å². The molecule has 0 aliphatic carbocycles. The minimum absolute atomic E-state index is 0.0000873. The summed E-state index contributed by atoms with van der Waals surface area (Å²) in [7, 11) is 0. The van der Waals surface area contributed by atoms with Crippen molar-refractivity contribution in [2.75, 3.05) is 36.5 Å². The van der Waals surface area contributed by atoms with Gasteiger partial charge in [0.05, 0.1) is 18.9 Å². The van der Waals surface area contributed by atoms with Gasteiger partial charge in [0.1, 0.15) is 0 Å². The van der Waals surface area contributed by atoms with Crippen molar-refractivity contribution >= 4 is 17.4 Å². The summed E-state index contributed by atoms with van der Waals surface area (Å²) < 4.78 is 7.21. The van der Waals surface area contributed by atoms with Gasteiger partial charge < -0.3 is 15.0 Å². The van der Waals surface area contributed by atoms with E-state index in [-0.39, 0.29) is 5.91 Å². The number of hydrogen-bond acceptors (Lipinski definition) is 6. The molecule has 2 aromatic heterocycles. The first-order chi connectivity index (χ1) is 15.4. The van der Waals surface area contributed by atoms with Gasteiger partial charge in [-0.25, -0.2) is 4.68 Å². The lowest BCUT2D eigenvalue weighted by Gasteiger charge is -2.27. The van der Waals surface area contributed by atoms with E-state index in [1.54, 1.807) is 0 Å². The monoisotopic (exact) mass is 434 g/mol. The number of carbonyl (C=O) groups is 1. The number of rotatable bonds is 6. The highest BCUT2D eigenvalue weighted by atomic mass is 16.5. The molecule has 0 bridgehead atoms. The largest absolute Gasteiger partial charge is 0.378 e. The Hall–Kier alpha value is -3.26. The zero-order chi connectivity index (χ0) is 22.7. The molecule has 1 amide bonds. The number of nitrogens with zero attached hydrogens (tertiary/aromatic N) is 5. The molecule has 0 saturated carbocycles. The number of anilines is 2. The lowest BCUT2D eigenvalue weighted by atomic mass is 10.1. The summed E-state index contributed by atoms with van der Waals surface area (Å²) in [5.41, 5.74) is 6.01. The van der Waals surface area contributed by atoms with Crippen molar-refractivity contribution < 1.29 is 9.53 Å². The average Bonchev–Trinajstić information content (AvgIpc) is 3.09. The number of nitrogens with one attached hydrogen (secondary N) is 1. The van der Waals surface area contributed by atoms with Crippen molar-refractivity contribution in [1.82, 2.24) is 20.0 Å². The van der Waals surface area contributed by atoms with Gasteiger partial charge in [-0.2, -0.15) is 5.10 Å². The Morgan fingerprint density at radius 1 is 1.03 bits per heavy atom. The molecule has 1 aliphatic heterocycles. The minimum atomic E-state index is -0.0000873. The van der Waals surface area contributed by atoms with Crippen LogP contribution in [0.25, 0.3) is 5.82 Å². The van der Waals surface area contributed by atoms with Crippen LogP contribution in [0.3, 0.4) is 0 Å². The van der Waals surface area contributed by atoms with Gasteiger partial charge in [-0.1, -0.05) is 12.1 Å². The molecular weight excluding hydrogens is 404 g/mol. The SMILES string of the molecule is Cc1ccc(C)c(NC(=O)CCc2c(C)nn(-c3ccc(N4CCOCC4)nn3)c2C)c1. The van der Waals surface area contributed by atoms with Crippen molar-refractivity contribution in [2.45, 2.75) is 40.5 Å². The molecule has 0 atom stereocenters. The third-order valence-corrected chi connectivity index (χ3v) is 5.90. The summed E-state index contributed by atoms with van der Waals surface area (Å²) >= 11 is 0. The van der Waals surface area contributed by atoms with Crippen LogP contribution < -0.4 is 10.2 Å². The van der Waals surface area contributed by atoms with E-state index < -0.39 is 0 Å². The molecule has 1 aliphatic rings. The molecule has 32 heavy (non-hydrogen) atoms. The van der Waals surface area contributed by atoms with Crippen LogP contribution in [0.5, 0.6) is 0 Å². The Balaban J connectivity index is 1.43. The first kappa shape index (κ1) is 22.0. The standard InChI is InChI=1S/C24H30N6O2/c1-16-5-6-17(2)21(15-16)25-24(31)10-7-20-18(3)28-30(19(20)4)23-9-8-22(26-27-23)29-11-13-32-14-12-29/h5-6,8-9,15H,7,10-14H2,1-4H3,(H,25,31). The highest BCUT2D eigenvalue weighted by molar-refractivity contribution is 5.91. The molecule has 3 aromatic rings. The third kappa shape index (κ3) is 4.80. The lowest BCUT2D eigenvalue weighted by Crippen LogP contribution is -2.36. The number of carbonyl (C=O) groups excluding carboxylic acids is 1. The predicted molar refractivity (Wildman–Crippen MR) is 125 cm³/mol. The second kappa shape index (κ2) is 9.48. The van der Waals surface area contributed by atoms with Crippen LogP contribution in [0.1, 0.15) is 34.5 Å². The van der Waals surface area contributed by atoms with Crippen LogP contribution in [-0.2, 0) is 16.0 Å². The maximum atomic E-state index is 12.6. The lowest BCUT2D eigenvalue weighted by molar-refractivity contribution is -0.116. The van der Waals surface area contributed by atoms with Crippen molar-refractivity contribution in [3.8, 4) is 5.82 Å². The fraction of sp³-hybridized carbons (Fsp3) is 0.417. The van der Waals surface area contributed by atoms with Crippen LogP contribution in [0.2, 0.25) is 0 Å². The number of aromatic nitrogens is 4. The van der Waals surface area contributed by atoms with E-state index in [2.05, 4.69) is 25.5 Å². The Kier molecular flexibility index (Phi) is 6.50. The second-order valence-corrected chi connectivity index (χ2v) is 8.28. The first-order valence-electron chi connectivity index (χ1n) is 11.0. The molecule has 1 fully saturated rings. The third-order valence-electron chi connectivity index (χ3n) is 5.90. The van der Waals surface area contributed by atoms with Gasteiger partial charge in [0.2, 0.25) is 5.91 Å². The number of benzene rings is 1. The molecule has 1 N–H and O–H groups in total. The second-order valence-electron chi connectivity index (χ2n) is 8.28. The van der Waals surface area contributed by atoms with Crippen molar-refractivity contribution in [2.24, 2.45) is 0 Å². The Labute approximate surface area is 188 Å². The van der Waals surface area contributed by atoms with E-state index in [0.29, 0.717) is 31.9 Å². The number of morpholine rings is 1. The van der Waals surface area contributed by atoms with E-state index in [9.17, 15) is 4.79 Å². The number of hydrogen-bond donors (Lipinski definition) is 1. The predicted octanol–water partition coefficient (Wildman–Crippen LogP) is 3.30. The molecule has 0 spiro atoms. The van der Waals surface area contributed by atoms with Crippen molar-refractivity contribution in [3.63, 3.8) is 0 Å². The summed E-state index contributed by atoms with van der Waals surface area (Å²) in [4.78, 5) is 14.7. The zero-order valence-electron chi connectivity index (χ0n) is 19.2. The number of ether oxygens (including phenoxy) is 1. The van der Waals surface area contributed by atoms with Crippen LogP contribution in [0.4, 0.5) is 11.5 Å². The summed E-state index contributed by atoms with van der Waals surface area (Å²) in [6, 6.07) is 9.98. The smallest absolute Gasteiger partial charge is 0.224 e. The van der Waals surface area contributed by atoms with E-state index in [4.69, 9.17) is 4.74 Å². The van der Waals surface area contributed by atoms with E-state index >= 15 is 0 Å². The summed E-state index contributed by atoms with van der Waals surface area (Å²) in [6.45, 7) is 11.1. The van der Waals surface area contributed by atoms with Gasteiger partial charge in [0, 0.05) is 30.9 Å². The zero-order valence-corrected chi connectivity index (χ0v) is 19.2. The quantitative estimate of drug-likeness (QED) is 0.641. The normalized spacial score (nSPS) is 13.9. The van der Waals surface area contributed by atoms with E-state index in [0.717, 1.165) is 52.7 Å². The highest BCUT2D eigenvalue weighted by Crippen LogP contribution is 2.21. The van der Waals surface area contributed by atoms with Gasteiger partial charge >= 0.3 is 0 Å². The van der Waals surface area contributed by atoms with E-state index in [1.807, 2.05) is 62.7 Å². The highest BCUT2D eigenvalue weighted by Gasteiger charge is 2.17. The van der Waals surface area contributed by atoms with Crippen LogP contribution in [0, 0.1) is 27.7 Å². The topological polar surface area (TPSA) is 85.2 Å². The maximum absolute atomic E-state index is 12.6. The fourth-order valence-electron chi connectivity index (χ4n) is 3.97. The van der Waals surface area contributed by atoms with E-state index in [1.165, 1.54) is 0 Å². The minimum Gasteiger partial charge on any atom is -0.378 e. The van der Waals surface area contributed by atoms with Crippen molar-refractivity contribution in [3.05, 3.63) is 58.4 Å². The Morgan fingerprint density at radius 3 is 2.47 bits per heavy atom. The number of aryl methyl sites for hydroxylation is 3. The summed E-state index contributed by atoms with van der Waals surface area (Å²) in [5, 5.41) is 16.5. The fourth-order valence-corrected chi connectivity index (χ4v) is 3.97. The Bertz CT molecular complexity index is 1100. The molecule has 3 heterocycles. The van der Waals surface area contributed by atoms with Gasteiger partial charge in [-0.05, 0) is 69.0 Å². The molecule has 4 rings (SSSR count).